The molecule has 0 unspecified atom stereocenters. The van der Waals surface area contributed by atoms with Gasteiger partial charge in [0.2, 0.25) is 5.91 Å². The van der Waals surface area contributed by atoms with E-state index < -0.39 is 5.82 Å². The number of nitrogens with zero attached hydrogens (tertiary/aromatic N) is 1. The molecule has 1 aliphatic rings. The van der Waals surface area contributed by atoms with Gasteiger partial charge in [-0.2, -0.15) is 0 Å². The van der Waals surface area contributed by atoms with Gasteiger partial charge in [0.25, 0.3) is 0 Å². The summed E-state index contributed by atoms with van der Waals surface area (Å²) >= 11 is 5.73. The Labute approximate surface area is 151 Å². The van der Waals surface area contributed by atoms with Gasteiger partial charge in [-0.15, -0.1) is 0 Å². The van der Waals surface area contributed by atoms with Crippen molar-refractivity contribution in [1.29, 1.82) is 0 Å². The summed E-state index contributed by atoms with van der Waals surface area (Å²) in [5, 5.41) is 2.92. The topological polar surface area (TPSA) is 41.6 Å². The monoisotopic (exact) mass is 362 g/mol. The molecule has 4 nitrogen and oxygen atoms in total. The zero-order chi connectivity index (χ0) is 17.8. The lowest BCUT2D eigenvalue weighted by Gasteiger charge is -2.21. The van der Waals surface area contributed by atoms with Gasteiger partial charge in [0.15, 0.2) is 0 Å². The number of nitrogens with one attached hydrogen (secondary N) is 1. The molecule has 1 saturated carbocycles. The van der Waals surface area contributed by atoms with E-state index in [1.807, 2.05) is 24.3 Å². The molecule has 2 aromatic rings. The van der Waals surface area contributed by atoms with Gasteiger partial charge in [-0.3, -0.25) is 9.69 Å². The van der Waals surface area contributed by atoms with E-state index in [1.54, 1.807) is 13.2 Å². The standard InChI is InChI=1S/C19H20ClFN2O2/c1-25-16-7-2-13(3-8-16)11-23(15-5-6-15)12-19(24)22-18-9-4-14(20)10-17(18)21/h2-4,7-10,15H,5-6,11-12H2,1H3,(H,22,24). The van der Waals surface area contributed by atoms with Gasteiger partial charge in [-0.05, 0) is 48.7 Å². The first-order valence-corrected chi connectivity index (χ1v) is 8.55. The minimum Gasteiger partial charge on any atom is -0.497 e. The van der Waals surface area contributed by atoms with Crippen molar-refractivity contribution in [3.63, 3.8) is 0 Å². The second-order valence-corrected chi connectivity index (χ2v) is 6.59. The first kappa shape index (κ1) is 17.7. The van der Waals surface area contributed by atoms with E-state index in [0.717, 1.165) is 24.2 Å². The molecule has 25 heavy (non-hydrogen) atoms. The van der Waals surface area contributed by atoms with Crippen LogP contribution in [0.15, 0.2) is 42.5 Å². The Bertz CT molecular complexity index is 748. The zero-order valence-electron chi connectivity index (χ0n) is 14.0. The smallest absolute Gasteiger partial charge is 0.238 e. The number of ether oxygens (including phenoxy) is 1. The van der Waals surface area contributed by atoms with Gasteiger partial charge in [0.05, 0.1) is 19.3 Å². The summed E-state index contributed by atoms with van der Waals surface area (Å²) in [5.41, 5.74) is 1.26. The normalized spacial score (nSPS) is 13.8. The molecule has 0 spiro atoms. The summed E-state index contributed by atoms with van der Waals surface area (Å²) < 4.78 is 19.0. The van der Waals surface area contributed by atoms with Gasteiger partial charge in [-0.1, -0.05) is 23.7 Å². The first-order valence-electron chi connectivity index (χ1n) is 8.17. The second kappa shape index (κ2) is 7.85. The molecular formula is C19H20ClFN2O2. The third-order valence-corrected chi connectivity index (χ3v) is 4.40. The summed E-state index contributed by atoms with van der Waals surface area (Å²) in [7, 11) is 1.63. The van der Waals surface area contributed by atoms with E-state index in [0.29, 0.717) is 17.6 Å². The van der Waals surface area contributed by atoms with Crippen LogP contribution in [-0.2, 0) is 11.3 Å². The average Bonchev–Trinajstić information content (AvgIpc) is 3.42. The van der Waals surface area contributed by atoms with Crippen molar-refractivity contribution < 1.29 is 13.9 Å². The van der Waals surface area contributed by atoms with Crippen LogP contribution in [0.5, 0.6) is 5.75 Å². The van der Waals surface area contributed by atoms with Crippen molar-refractivity contribution in [3.05, 3.63) is 58.9 Å². The number of rotatable bonds is 7. The quantitative estimate of drug-likeness (QED) is 0.806. The molecule has 0 aromatic heterocycles. The molecule has 0 atom stereocenters. The van der Waals surface area contributed by atoms with Crippen LogP contribution in [0.3, 0.4) is 0 Å². The SMILES string of the molecule is COc1ccc(CN(CC(=O)Nc2ccc(Cl)cc2F)C2CC2)cc1. The molecule has 0 aliphatic heterocycles. The molecule has 6 heteroatoms. The Morgan fingerprint density at radius 2 is 2.00 bits per heavy atom. The number of methoxy groups -OCH3 is 1. The Balaban J connectivity index is 1.62. The number of anilines is 1. The molecule has 1 N–H and O–H groups in total. The molecule has 2 aromatic carbocycles. The minimum atomic E-state index is -0.533. The van der Waals surface area contributed by atoms with Crippen LogP contribution in [0.25, 0.3) is 0 Å². The van der Waals surface area contributed by atoms with Crippen LogP contribution in [-0.4, -0.2) is 30.5 Å². The fourth-order valence-electron chi connectivity index (χ4n) is 2.68. The largest absolute Gasteiger partial charge is 0.497 e. The summed E-state index contributed by atoms with van der Waals surface area (Å²) in [6.07, 6.45) is 2.16. The summed E-state index contributed by atoms with van der Waals surface area (Å²) in [6, 6.07) is 12.4. The second-order valence-electron chi connectivity index (χ2n) is 6.16. The minimum absolute atomic E-state index is 0.148. The molecule has 0 heterocycles. The van der Waals surface area contributed by atoms with Crippen molar-refractivity contribution >= 4 is 23.2 Å². The highest BCUT2D eigenvalue weighted by atomic mass is 35.5. The maximum Gasteiger partial charge on any atom is 0.238 e. The number of halogens is 2. The molecule has 3 rings (SSSR count). The molecule has 1 aliphatic carbocycles. The predicted octanol–water partition coefficient (Wildman–Crippen LogP) is 4.09. The zero-order valence-corrected chi connectivity index (χ0v) is 14.7. The number of hydrogen-bond acceptors (Lipinski definition) is 3. The Kier molecular flexibility index (Phi) is 5.56. The lowest BCUT2D eigenvalue weighted by atomic mass is 10.2. The van der Waals surface area contributed by atoms with Crippen LogP contribution < -0.4 is 10.1 Å². The predicted molar refractivity (Wildman–Crippen MR) is 96.5 cm³/mol. The molecule has 1 amide bonds. The molecule has 0 radical (unpaired) electrons. The van der Waals surface area contributed by atoms with Crippen molar-refractivity contribution in [2.24, 2.45) is 0 Å². The third kappa shape index (κ3) is 4.94. The molecule has 1 fully saturated rings. The Morgan fingerprint density at radius 3 is 2.60 bits per heavy atom. The third-order valence-electron chi connectivity index (χ3n) is 4.16. The number of amides is 1. The summed E-state index contributed by atoms with van der Waals surface area (Å²) in [6.45, 7) is 0.893. The van der Waals surface area contributed by atoms with Gasteiger partial charge in [0, 0.05) is 17.6 Å². The summed E-state index contributed by atoms with van der Waals surface area (Å²) in [4.78, 5) is 14.4. The molecule has 132 valence electrons. The van der Waals surface area contributed by atoms with E-state index in [2.05, 4.69) is 10.2 Å². The van der Waals surface area contributed by atoms with E-state index in [4.69, 9.17) is 16.3 Å². The Morgan fingerprint density at radius 1 is 1.28 bits per heavy atom. The van der Waals surface area contributed by atoms with Crippen molar-refractivity contribution in [3.8, 4) is 5.75 Å². The molecular weight excluding hydrogens is 343 g/mol. The number of hydrogen-bond donors (Lipinski definition) is 1. The van der Waals surface area contributed by atoms with Crippen molar-refractivity contribution in [2.45, 2.75) is 25.4 Å². The van der Waals surface area contributed by atoms with E-state index in [9.17, 15) is 9.18 Å². The number of benzene rings is 2. The number of carbonyl (C=O) groups excluding carboxylic acids is 1. The van der Waals surface area contributed by atoms with E-state index in [-0.39, 0.29) is 18.1 Å². The number of carbonyl (C=O) groups is 1. The van der Waals surface area contributed by atoms with Crippen molar-refractivity contribution in [1.82, 2.24) is 4.90 Å². The highest BCUT2D eigenvalue weighted by Crippen LogP contribution is 2.28. The van der Waals surface area contributed by atoms with Crippen LogP contribution in [0.4, 0.5) is 10.1 Å². The van der Waals surface area contributed by atoms with Gasteiger partial charge in [-0.25, -0.2) is 4.39 Å². The van der Waals surface area contributed by atoms with Crippen LogP contribution in [0.2, 0.25) is 5.02 Å². The summed E-state index contributed by atoms with van der Waals surface area (Å²) in [5.74, 6) is 0.0355. The fourth-order valence-corrected chi connectivity index (χ4v) is 2.84. The van der Waals surface area contributed by atoms with E-state index >= 15 is 0 Å². The lowest BCUT2D eigenvalue weighted by molar-refractivity contribution is -0.117. The van der Waals surface area contributed by atoms with Gasteiger partial charge in [0.1, 0.15) is 11.6 Å². The lowest BCUT2D eigenvalue weighted by Crippen LogP contribution is -2.34. The highest BCUT2D eigenvalue weighted by molar-refractivity contribution is 6.30. The maximum atomic E-state index is 13.8. The fraction of sp³-hybridized carbons (Fsp3) is 0.316. The average molecular weight is 363 g/mol. The van der Waals surface area contributed by atoms with E-state index in [1.165, 1.54) is 12.1 Å². The van der Waals surface area contributed by atoms with Gasteiger partial charge >= 0.3 is 0 Å². The van der Waals surface area contributed by atoms with Crippen LogP contribution in [0.1, 0.15) is 18.4 Å². The Hall–Kier alpha value is -2.11. The van der Waals surface area contributed by atoms with Crippen molar-refractivity contribution in [2.75, 3.05) is 19.0 Å². The highest BCUT2D eigenvalue weighted by Gasteiger charge is 2.30. The van der Waals surface area contributed by atoms with Crippen LogP contribution in [0, 0.1) is 5.82 Å². The molecule has 0 bridgehead atoms. The maximum absolute atomic E-state index is 13.8. The van der Waals surface area contributed by atoms with Gasteiger partial charge < -0.3 is 10.1 Å². The molecule has 0 saturated heterocycles. The first-order chi connectivity index (χ1) is 12.0. The van der Waals surface area contributed by atoms with Crippen LogP contribution >= 0.6 is 11.6 Å².